The van der Waals surface area contributed by atoms with E-state index in [9.17, 15) is 9.90 Å². The summed E-state index contributed by atoms with van der Waals surface area (Å²) in [4.78, 5) is 10.8. The molecule has 0 bridgehead atoms. The van der Waals surface area contributed by atoms with Crippen molar-refractivity contribution >= 4 is 17.6 Å². The van der Waals surface area contributed by atoms with Gasteiger partial charge < -0.3 is 14.9 Å². The third-order valence-electron chi connectivity index (χ3n) is 2.52. The van der Waals surface area contributed by atoms with Gasteiger partial charge in [0.15, 0.2) is 0 Å². The number of phenols is 1. The molecule has 4 nitrogen and oxygen atoms in total. The molecule has 5 heteroatoms. The quantitative estimate of drug-likeness (QED) is 0.900. The fourth-order valence-corrected chi connectivity index (χ4v) is 1.78. The molecule has 0 saturated heterocycles. The fraction of sp³-hybridized carbons (Fsp3) is 0.0714. The van der Waals surface area contributed by atoms with Gasteiger partial charge >= 0.3 is 5.97 Å². The third kappa shape index (κ3) is 3.17. The van der Waals surface area contributed by atoms with Crippen LogP contribution in [0.4, 0.5) is 0 Å². The highest BCUT2D eigenvalue weighted by Gasteiger charge is 2.14. The van der Waals surface area contributed by atoms with Crippen LogP contribution in [0.5, 0.6) is 11.5 Å². The Labute approximate surface area is 114 Å². The molecule has 0 saturated carbocycles. The lowest BCUT2D eigenvalue weighted by atomic mass is 10.2. The molecule has 0 heterocycles. The zero-order chi connectivity index (χ0) is 13.8. The number of aromatic carboxylic acids is 1. The van der Waals surface area contributed by atoms with Crippen molar-refractivity contribution in [2.45, 2.75) is 6.61 Å². The molecular formula is C14H11ClO4. The van der Waals surface area contributed by atoms with E-state index in [1.807, 2.05) is 30.3 Å². The van der Waals surface area contributed by atoms with Crippen LogP contribution in [-0.4, -0.2) is 16.2 Å². The van der Waals surface area contributed by atoms with Crippen LogP contribution in [0.25, 0.3) is 0 Å². The molecule has 0 fully saturated rings. The van der Waals surface area contributed by atoms with E-state index in [1.54, 1.807) is 0 Å². The summed E-state index contributed by atoms with van der Waals surface area (Å²) in [7, 11) is 0. The van der Waals surface area contributed by atoms with Gasteiger partial charge in [0, 0.05) is 6.07 Å². The zero-order valence-corrected chi connectivity index (χ0v) is 10.6. The first-order valence-corrected chi connectivity index (χ1v) is 5.88. The van der Waals surface area contributed by atoms with Crippen molar-refractivity contribution in [1.82, 2.24) is 0 Å². The lowest BCUT2D eigenvalue weighted by Gasteiger charge is -2.10. The molecule has 0 radical (unpaired) electrons. The van der Waals surface area contributed by atoms with Crippen molar-refractivity contribution < 1.29 is 19.7 Å². The number of rotatable bonds is 4. The Hall–Kier alpha value is -2.20. The third-order valence-corrected chi connectivity index (χ3v) is 2.81. The highest BCUT2D eigenvalue weighted by atomic mass is 35.5. The average Bonchev–Trinajstić information content (AvgIpc) is 2.40. The Kier molecular flexibility index (Phi) is 3.92. The van der Waals surface area contributed by atoms with Gasteiger partial charge in [-0.2, -0.15) is 0 Å². The summed E-state index contributed by atoms with van der Waals surface area (Å²) in [5.41, 5.74) is 0.692. The summed E-state index contributed by atoms with van der Waals surface area (Å²) < 4.78 is 5.45. The van der Waals surface area contributed by atoms with Crippen LogP contribution in [0.2, 0.25) is 5.02 Å². The van der Waals surface area contributed by atoms with Gasteiger partial charge in [-0.3, -0.25) is 0 Å². The Morgan fingerprint density at radius 1 is 1.21 bits per heavy atom. The van der Waals surface area contributed by atoms with E-state index in [4.69, 9.17) is 21.4 Å². The summed E-state index contributed by atoms with van der Waals surface area (Å²) in [5.74, 6) is -1.37. The van der Waals surface area contributed by atoms with Gasteiger partial charge in [-0.05, 0) is 11.6 Å². The summed E-state index contributed by atoms with van der Waals surface area (Å²) in [6, 6.07) is 11.8. The number of carboxylic acid groups (broad SMARTS) is 1. The zero-order valence-electron chi connectivity index (χ0n) is 9.84. The number of ether oxygens (including phenoxy) is 1. The Morgan fingerprint density at radius 3 is 2.53 bits per heavy atom. The summed E-state index contributed by atoms with van der Waals surface area (Å²) in [6.45, 7) is 0.284. The van der Waals surface area contributed by atoms with Crippen LogP contribution in [0.3, 0.4) is 0 Å². The van der Waals surface area contributed by atoms with Crippen LogP contribution >= 0.6 is 11.6 Å². The van der Waals surface area contributed by atoms with Crippen molar-refractivity contribution in [1.29, 1.82) is 0 Å². The first-order chi connectivity index (χ1) is 9.08. The van der Waals surface area contributed by atoms with Crippen molar-refractivity contribution in [2.24, 2.45) is 0 Å². The highest BCUT2D eigenvalue weighted by Crippen LogP contribution is 2.32. The van der Waals surface area contributed by atoms with E-state index < -0.39 is 5.97 Å². The maximum absolute atomic E-state index is 10.8. The fourth-order valence-electron chi connectivity index (χ4n) is 1.56. The molecular weight excluding hydrogens is 268 g/mol. The number of halogens is 1. The average molecular weight is 279 g/mol. The van der Waals surface area contributed by atoms with Crippen LogP contribution in [0.15, 0.2) is 42.5 Å². The first kappa shape index (κ1) is 13.2. The summed E-state index contributed by atoms with van der Waals surface area (Å²) >= 11 is 5.91. The highest BCUT2D eigenvalue weighted by molar-refractivity contribution is 6.32. The minimum atomic E-state index is -1.24. The lowest BCUT2D eigenvalue weighted by molar-refractivity contribution is 0.0693. The first-order valence-electron chi connectivity index (χ1n) is 5.50. The van der Waals surface area contributed by atoms with Gasteiger partial charge in [-0.15, -0.1) is 0 Å². The monoisotopic (exact) mass is 278 g/mol. The standard InChI is InChI=1S/C14H11ClO4/c15-11-6-10(14(17)18)12(16)7-13(11)19-8-9-4-2-1-3-5-9/h1-7,16H,8H2,(H,17,18). The van der Waals surface area contributed by atoms with Gasteiger partial charge in [-0.1, -0.05) is 41.9 Å². The number of aromatic hydroxyl groups is 1. The van der Waals surface area contributed by atoms with Crippen LogP contribution in [0.1, 0.15) is 15.9 Å². The second-order valence-electron chi connectivity index (χ2n) is 3.88. The SMILES string of the molecule is O=C(O)c1cc(Cl)c(OCc2ccccc2)cc1O. The van der Waals surface area contributed by atoms with Gasteiger partial charge in [0.1, 0.15) is 23.7 Å². The summed E-state index contributed by atoms with van der Waals surface area (Å²) in [6.07, 6.45) is 0. The predicted molar refractivity (Wildman–Crippen MR) is 70.9 cm³/mol. The van der Waals surface area contributed by atoms with Crippen LogP contribution < -0.4 is 4.74 Å². The largest absolute Gasteiger partial charge is 0.507 e. The summed E-state index contributed by atoms with van der Waals surface area (Å²) in [5, 5.41) is 18.5. The molecule has 2 aromatic rings. The molecule has 2 aromatic carbocycles. The topological polar surface area (TPSA) is 66.8 Å². The molecule has 0 atom stereocenters. The maximum Gasteiger partial charge on any atom is 0.339 e. The van der Waals surface area contributed by atoms with Crippen LogP contribution in [-0.2, 0) is 6.61 Å². The van der Waals surface area contributed by atoms with Gasteiger partial charge in [0.05, 0.1) is 5.02 Å². The van der Waals surface area contributed by atoms with E-state index in [-0.39, 0.29) is 28.7 Å². The molecule has 98 valence electrons. The molecule has 0 aliphatic heterocycles. The number of benzene rings is 2. The van der Waals surface area contributed by atoms with E-state index >= 15 is 0 Å². The Balaban J connectivity index is 2.17. The van der Waals surface area contributed by atoms with Crippen molar-refractivity contribution in [3.63, 3.8) is 0 Å². The molecule has 19 heavy (non-hydrogen) atoms. The maximum atomic E-state index is 10.8. The smallest absolute Gasteiger partial charge is 0.339 e. The minimum absolute atomic E-state index is 0.145. The van der Waals surface area contributed by atoms with E-state index in [2.05, 4.69) is 0 Å². The molecule has 2 N–H and O–H groups in total. The molecule has 0 amide bonds. The number of carboxylic acids is 1. The van der Waals surface area contributed by atoms with Gasteiger partial charge in [0.25, 0.3) is 0 Å². The van der Waals surface area contributed by atoms with Gasteiger partial charge in [-0.25, -0.2) is 4.79 Å². The van der Waals surface area contributed by atoms with Crippen LogP contribution in [0, 0.1) is 0 Å². The second-order valence-corrected chi connectivity index (χ2v) is 4.29. The number of hydrogen-bond donors (Lipinski definition) is 2. The van der Waals surface area contributed by atoms with Gasteiger partial charge in [0.2, 0.25) is 0 Å². The number of carbonyl (C=O) groups is 1. The molecule has 2 rings (SSSR count). The predicted octanol–water partition coefficient (Wildman–Crippen LogP) is 3.32. The normalized spacial score (nSPS) is 10.2. The molecule has 0 aliphatic carbocycles. The van der Waals surface area contributed by atoms with E-state index in [1.165, 1.54) is 12.1 Å². The lowest BCUT2D eigenvalue weighted by Crippen LogP contribution is -2.00. The van der Waals surface area contributed by atoms with Crippen molar-refractivity contribution in [3.8, 4) is 11.5 Å². The Morgan fingerprint density at radius 2 is 1.89 bits per heavy atom. The van der Waals surface area contributed by atoms with E-state index in [0.29, 0.717) is 0 Å². The number of hydrogen-bond acceptors (Lipinski definition) is 3. The molecule has 0 aromatic heterocycles. The molecule has 0 unspecified atom stereocenters. The molecule has 0 aliphatic rings. The Bertz CT molecular complexity index is 596. The molecule has 0 spiro atoms. The van der Waals surface area contributed by atoms with E-state index in [0.717, 1.165) is 5.56 Å². The minimum Gasteiger partial charge on any atom is -0.507 e. The van der Waals surface area contributed by atoms with Crippen molar-refractivity contribution in [3.05, 3.63) is 58.6 Å². The van der Waals surface area contributed by atoms with Crippen molar-refractivity contribution in [2.75, 3.05) is 0 Å². The second kappa shape index (κ2) is 5.63.